The molecule has 1 aliphatic carbocycles. The number of halogens is 1. The van der Waals surface area contributed by atoms with Crippen molar-refractivity contribution in [1.29, 1.82) is 0 Å². The van der Waals surface area contributed by atoms with Crippen LogP contribution in [0.5, 0.6) is 5.75 Å². The van der Waals surface area contributed by atoms with Crippen LogP contribution in [0.1, 0.15) is 36.8 Å². The number of nitrogens with one attached hydrogen (secondary N) is 1. The Morgan fingerprint density at radius 1 is 0.912 bits per heavy atom. The molecule has 0 spiro atoms. The molecule has 0 radical (unpaired) electrons. The van der Waals surface area contributed by atoms with Crippen LogP contribution in [-0.2, 0) is 22.6 Å². The van der Waals surface area contributed by atoms with E-state index in [1.54, 1.807) is 12.0 Å². The van der Waals surface area contributed by atoms with Crippen molar-refractivity contribution in [3.05, 3.63) is 95.0 Å². The largest absolute Gasteiger partial charge is 0.497 e. The van der Waals surface area contributed by atoms with Crippen LogP contribution in [0.4, 0.5) is 5.69 Å². The number of anilines is 1. The molecule has 176 valence electrons. The van der Waals surface area contributed by atoms with Gasteiger partial charge in [0.1, 0.15) is 11.3 Å². The number of rotatable bonds is 8. The SMILES string of the molecule is COc1ccc(NC(=O)C2(N(Cc3ccc(Cl)cc3)C(=O)Cc3ccccc3)CCCC2)cc1. The van der Waals surface area contributed by atoms with Gasteiger partial charge in [0, 0.05) is 17.3 Å². The molecule has 0 atom stereocenters. The molecule has 4 rings (SSSR count). The van der Waals surface area contributed by atoms with Crippen molar-refractivity contribution < 1.29 is 14.3 Å². The molecule has 2 amide bonds. The van der Waals surface area contributed by atoms with Gasteiger partial charge in [-0.25, -0.2) is 0 Å². The highest BCUT2D eigenvalue weighted by atomic mass is 35.5. The minimum absolute atomic E-state index is 0.0621. The molecule has 0 aromatic heterocycles. The molecule has 1 aliphatic rings. The Balaban J connectivity index is 1.65. The Kier molecular flexibility index (Phi) is 7.53. The van der Waals surface area contributed by atoms with E-state index in [-0.39, 0.29) is 18.2 Å². The Morgan fingerprint density at radius 2 is 1.56 bits per heavy atom. The molecule has 1 fully saturated rings. The van der Waals surface area contributed by atoms with E-state index in [1.807, 2.05) is 78.9 Å². The summed E-state index contributed by atoms with van der Waals surface area (Å²) in [6.45, 7) is 0.346. The first-order valence-corrected chi connectivity index (χ1v) is 11.9. The molecular weight excluding hydrogens is 448 g/mol. The van der Waals surface area contributed by atoms with Gasteiger partial charge in [-0.2, -0.15) is 0 Å². The second-order valence-corrected chi connectivity index (χ2v) is 9.13. The zero-order valence-corrected chi connectivity index (χ0v) is 20.1. The maximum Gasteiger partial charge on any atom is 0.250 e. The average Bonchev–Trinajstić information content (AvgIpc) is 3.36. The minimum Gasteiger partial charge on any atom is -0.497 e. The third-order valence-corrected chi connectivity index (χ3v) is 6.72. The number of methoxy groups -OCH3 is 1. The maximum absolute atomic E-state index is 13.8. The second kappa shape index (κ2) is 10.7. The number of hydrogen-bond acceptors (Lipinski definition) is 3. The summed E-state index contributed by atoms with van der Waals surface area (Å²) in [4.78, 5) is 29.3. The topological polar surface area (TPSA) is 58.6 Å². The molecule has 3 aromatic rings. The van der Waals surface area contributed by atoms with Crippen molar-refractivity contribution in [2.24, 2.45) is 0 Å². The van der Waals surface area contributed by atoms with E-state index in [1.165, 1.54) is 0 Å². The van der Waals surface area contributed by atoms with Crippen molar-refractivity contribution in [3.63, 3.8) is 0 Å². The highest BCUT2D eigenvalue weighted by Gasteiger charge is 2.48. The van der Waals surface area contributed by atoms with E-state index < -0.39 is 5.54 Å². The molecule has 0 unspecified atom stereocenters. The normalized spacial score (nSPS) is 14.4. The highest BCUT2D eigenvalue weighted by Crippen LogP contribution is 2.38. The van der Waals surface area contributed by atoms with Gasteiger partial charge >= 0.3 is 0 Å². The van der Waals surface area contributed by atoms with Crippen LogP contribution in [0.3, 0.4) is 0 Å². The first-order valence-electron chi connectivity index (χ1n) is 11.5. The van der Waals surface area contributed by atoms with Crippen molar-refractivity contribution in [1.82, 2.24) is 4.90 Å². The number of ether oxygens (including phenoxy) is 1. The number of carbonyl (C=O) groups is 2. The van der Waals surface area contributed by atoms with Crippen molar-refractivity contribution in [2.75, 3.05) is 12.4 Å². The molecule has 34 heavy (non-hydrogen) atoms. The van der Waals surface area contributed by atoms with Gasteiger partial charge in [-0.15, -0.1) is 0 Å². The zero-order chi connectivity index (χ0) is 24.0. The summed E-state index contributed by atoms with van der Waals surface area (Å²) in [6, 6.07) is 24.4. The predicted molar refractivity (Wildman–Crippen MR) is 135 cm³/mol. The van der Waals surface area contributed by atoms with E-state index in [2.05, 4.69) is 5.32 Å². The summed E-state index contributed by atoms with van der Waals surface area (Å²) in [5.74, 6) is 0.509. The second-order valence-electron chi connectivity index (χ2n) is 8.69. The zero-order valence-electron chi connectivity index (χ0n) is 19.3. The van der Waals surface area contributed by atoms with E-state index in [0.717, 1.165) is 29.7 Å². The predicted octanol–water partition coefficient (Wildman–Crippen LogP) is 5.87. The molecule has 0 heterocycles. The van der Waals surface area contributed by atoms with Crippen molar-refractivity contribution in [2.45, 2.75) is 44.2 Å². The molecule has 0 bridgehead atoms. The van der Waals surface area contributed by atoms with Crippen LogP contribution in [-0.4, -0.2) is 29.4 Å². The summed E-state index contributed by atoms with van der Waals surface area (Å²) in [6.07, 6.45) is 3.29. The Bertz CT molecular complexity index is 1110. The summed E-state index contributed by atoms with van der Waals surface area (Å²) in [5, 5.41) is 3.70. The van der Waals surface area contributed by atoms with Crippen molar-refractivity contribution in [3.8, 4) is 5.75 Å². The van der Waals surface area contributed by atoms with Gasteiger partial charge in [-0.05, 0) is 60.4 Å². The van der Waals surface area contributed by atoms with E-state index in [9.17, 15) is 9.59 Å². The van der Waals surface area contributed by atoms with Gasteiger partial charge in [0.25, 0.3) is 0 Å². The van der Waals surface area contributed by atoms with Crippen LogP contribution in [0.2, 0.25) is 5.02 Å². The fourth-order valence-corrected chi connectivity index (χ4v) is 4.74. The Labute approximate surface area is 205 Å². The fourth-order valence-electron chi connectivity index (χ4n) is 4.62. The lowest BCUT2D eigenvalue weighted by Crippen LogP contribution is -2.57. The van der Waals surface area contributed by atoms with Gasteiger partial charge in [0.15, 0.2) is 0 Å². The lowest BCUT2D eigenvalue weighted by molar-refractivity contribution is -0.145. The summed E-state index contributed by atoms with van der Waals surface area (Å²) in [7, 11) is 1.61. The van der Waals surface area contributed by atoms with Crippen LogP contribution in [0, 0.1) is 0 Å². The van der Waals surface area contributed by atoms with E-state index in [0.29, 0.717) is 30.1 Å². The monoisotopic (exact) mass is 476 g/mol. The van der Waals surface area contributed by atoms with Crippen LogP contribution >= 0.6 is 11.6 Å². The Morgan fingerprint density at radius 3 is 2.18 bits per heavy atom. The van der Waals surface area contributed by atoms with E-state index in [4.69, 9.17) is 16.3 Å². The van der Waals surface area contributed by atoms with Gasteiger partial charge in [0.05, 0.1) is 13.5 Å². The molecule has 5 nitrogen and oxygen atoms in total. The molecule has 3 aromatic carbocycles. The van der Waals surface area contributed by atoms with Crippen LogP contribution < -0.4 is 10.1 Å². The van der Waals surface area contributed by atoms with Gasteiger partial charge in [-0.1, -0.05) is 66.9 Å². The molecule has 6 heteroatoms. The third-order valence-electron chi connectivity index (χ3n) is 6.47. The number of nitrogens with zero attached hydrogens (tertiary/aromatic N) is 1. The smallest absolute Gasteiger partial charge is 0.250 e. The minimum atomic E-state index is -0.911. The third kappa shape index (κ3) is 5.42. The lowest BCUT2D eigenvalue weighted by atomic mass is 9.91. The number of benzene rings is 3. The fraction of sp³-hybridized carbons (Fsp3) is 0.286. The van der Waals surface area contributed by atoms with Crippen LogP contribution in [0.15, 0.2) is 78.9 Å². The lowest BCUT2D eigenvalue weighted by Gasteiger charge is -2.40. The number of carbonyl (C=O) groups excluding carboxylic acids is 2. The molecule has 0 aliphatic heterocycles. The van der Waals surface area contributed by atoms with Gasteiger partial charge in [0.2, 0.25) is 11.8 Å². The molecule has 1 saturated carbocycles. The standard InChI is InChI=1S/C28H29ClN2O3/c1-34-25-15-13-24(14-16-25)30-27(33)28(17-5-6-18-28)31(20-22-9-11-23(29)12-10-22)26(32)19-21-7-3-2-4-8-21/h2-4,7-16H,5-6,17-20H2,1H3,(H,30,33). The summed E-state index contributed by atoms with van der Waals surface area (Å²) in [5.41, 5.74) is 1.64. The maximum atomic E-state index is 13.8. The quantitative estimate of drug-likeness (QED) is 0.442. The first kappa shape index (κ1) is 23.8. The first-order chi connectivity index (χ1) is 16.5. The van der Waals surface area contributed by atoms with Crippen molar-refractivity contribution >= 4 is 29.1 Å². The van der Waals surface area contributed by atoms with Gasteiger partial charge < -0.3 is 15.0 Å². The number of amides is 2. The van der Waals surface area contributed by atoms with Crippen LogP contribution in [0.25, 0.3) is 0 Å². The molecular formula is C28H29ClN2O3. The average molecular weight is 477 g/mol. The van der Waals surface area contributed by atoms with Gasteiger partial charge in [-0.3, -0.25) is 9.59 Å². The summed E-state index contributed by atoms with van der Waals surface area (Å²) < 4.78 is 5.22. The molecule has 0 saturated heterocycles. The summed E-state index contributed by atoms with van der Waals surface area (Å²) >= 11 is 6.08. The number of hydrogen-bond donors (Lipinski definition) is 1. The highest BCUT2D eigenvalue weighted by molar-refractivity contribution is 6.30. The van der Waals surface area contributed by atoms with E-state index >= 15 is 0 Å². The molecule has 1 N–H and O–H groups in total. The Hall–Kier alpha value is -3.31.